The van der Waals surface area contributed by atoms with Crippen molar-refractivity contribution in [1.82, 2.24) is 15.6 Å². The van der Waals surface area contributed by atoms with Crippen LogP contribution in [0.4, 0.5) is 0 Å². The molecule has 3 aromatic rings. The highest BCUT2D eigenvalue weighted by Gasteiger charge is 2.30. The second-order valence-corrected chi connectivity index (χ2v) is 8.59. The molecule has 0 atom stereocenters. The third kappa shape index (κ3) is 5.64. The molecule has 0 bridgehead atoms. The number of guanidine groups is 1. The minimum Gasteiger partial charge on any atom is -0.454 e. The Morgan fingerprint density at radius 2 is 1.79 bits per heavy atom. The van der Waals surface area contributed by atoms with Crippen molar-refractivity contribution in [2.75, 3.05) is 19.9 Å². The molecular weight excluding hydrogens is 412 g/mol. The van der Waals surface area contributed by atoms with E-state index in [0.29, 0.717) is 25.3 Å². The van der Waals surface area contributed by atoms with E-state index in [0.717, 1.165) is 55.4 Å². The summed E-state index contributed by atoms with van der Waals surface area (Å²) in [5.41, 5.74) is 3.71. The number of nitrogens with one attached hydrogen (secondary N) is 2. The molecule has 0 saturated heterocycles. The van der Waals surface area contributed by atoms with Crippen molar-refractivity contribution in [3.63, 3.8) is 0 Å². The highest BCUT2D eigenvalue weighted by atomic mass is 16.7. The summed E-state index contributed by atoms with van der Waals surface area (Å²) in [6, 6.07) is 23.4. The Labute approximate surface area is 195 Å². The highest BCUT2D eigenvalue weighted by molar-refractivity contribution is 5.80. The van der Waals surface area contributed by atoms with E-state index in [2.05, 4.69) is 58.1 Å². The molecule has 0 unspecified atom stereocenters. The molecule has 2 aliphatic rings. The normalized spacial score (nSPS) is 19.1. The lowest BCUT2D eigenvalue weighted by Crippen LogP contribution is -2.49. The molecular formula is C27H30N4O2. The van der Waals surface area contributed by atoms with Crippen LogP contribution in [0, 0.1) is 0 Å². The van der Waals surface area contributed by atoms with Crippen LogP contribution in [-0.4, -0.2) is 36.9 Å². The maximum atomic E-state index is 5.50. The molecule has 0 amide bonds. The summed E-state index contributed by atoms with van der Waals surface area (Å²) in [5, 5.41) is 7.16. The summed E-state index contributed by atoms with van der Waals surface area (Å²) in [7, 11) is 0. The molecule has 0 spiro atoms. The van der Waals surface area contributed by atoms with Gasteiger partial charge in [0.1, 0.15) is 0 Å². The van der Waals surface area contributed by atoms with Crippen molar-refractivity contribution in [3.8, 4) is 11.5 Å². The monoisotopic (exact) mass is 442 g/mol. The molecule has 0 radical (unpaired) electrons. The molecule has 1 aromatic heterocycles. The lowest BCUT2D eigenvalue weighted by molar-refractivity contribution is 0.174. The van der Waals surface area contributed by atoms with Crippen molar-refractivity contribution in [2.45, 2.75) is 37.6 Å². The van der Waals surface area contributed by atoms with E-state index in [1.807, 2.05) is 30.5 Å². The fourth-order valence-electron chi connectivity index (χ4n) is 4.33. The number of fused-ring (bicyclic) bond motifs is 1. The molecule has 1 aliphatic heterocycles. The predicted molar refractivity (Wildman–Crippen MR) is 130 cm³/mol. The van der Waals surface area contributed by atoms with Crippen LogP contribution in [0.3, 0.4) is 0 Å². The summed E-state index contributed by atoms with van der Waals surface area (Å²) in [5.74, 6) is 3.16. The van der Waals surface area contributed by atoms with Crippen molar-refractivity contribution in [1.29, 1.82) is 0 Å². The van der Waals surface area contributed by atoms with Crippen LogP contribution in [-0.2, 0) is 12.8 Å². The van der Waals surface area contributed by atoms with E-state index in [9.17, 15) is 0 Å². The fourth-order valence-corrected chi connectivity index (χ4v) is 4.33. The summed E-state index contributed by atoms with van der Waals surface area (Å²) < 4.78 is 10.9. The first-order valence-electron chi connectivity index (χ1n) is 11.7. The molecule has 5 rings (SSSR count). The van der Waals surface area contributed by atoms with Crippen molar-refractivity contribution in [3.05, 3.63) is 89.7 Å². The van der Waals surface area contributed by atoms with Gasteiger partial charge in [0.05, 0.1) is 0 Å². The smallest absolute Gasteiger partial charge is 0.231 e. The second kappa shape index (κ2) is 10.4. The van der Waals surface area contributed by atoms with Gasteiger partial charge in [-0.2, -0.15) is 0 Å². The van der Waals surface area contributed by atoms with E-state index >= 15 is 0 Å². The maximum absolute atomic E-state index is 5.50. The molecule has 1 fully saturated rings. The van der Waals surface area contributed by atoms with E-state index in [-0.39, 0.29) is 0 Å². The number of rotatable bonds is 8. The minimum atomic E-state index is 0.305. The van der Waals surface area contributed by atoms with Crippen LogP contribution in [0.5, 0.6) is 11.5 Å². The molecule has 2 aromatic carbocycles. The Morgan fingerprint density at radius 3 is 2.64 bits per heavy atom. The quantitative estimate of drug-likeness (QED) is 0.407. The predicted octanol–water partition coefficient (Wildman–Crippen LogP) is 4.08. The Hall–Kier alpha value is -3.54. The van der Waals surface area contributed by atoms with Crippen molar-refractivity contribution < 1.29 is 9.47 Å². The van der Waals surface area contributed by atoms with Gasteiger partial charge in [0.2, 0.25) is 6.79 Å². The zero-order chi connectivity index (χ0) is 22.3. The molecule has 2 heterocycles. The van der Waals surface area contributed by atoms with E-state index in [4.69, 9.17) is 14.5 Å². The summed E-state index contributed by atoms with van der Waals surface area (Å²) >= 11 is 0. The maximum Gasteiger partial charge on any atom is 0.231 e. The summed E-state index contributed by atoms with van der Waals surface area (Å²) in [6.07, 6.45) is 5.81. The van der Waals surface area contributed by atoms with Crippen LogP contribution in [0.15, 0.2) is 77.9 Å². The molecule has 2 N–H and O–H groups in total. The fraction of sp³-hybridized carbons (Fsp3) is 0.333. The van der Waals surface area contributed by atoms with Crippen LogP contribution in [0.1, 0.15) is 35.6 Å². The van der Waals surface area contributed by atoms with Gasteiger partial charge in [-0.25, -0.2) is 0 Å². The second-order valence-electron chi connectivity index (χ2n) is 8.59. The molecule has 33 heavy (non-hydrogen) atoms. The van der Waals surface area contributed by atoms with Gasteiger partial charge in [-0.1, -0.05) is 42.5 Å². The number of hydrogen-bond acceptors (Lipinski definition) is 4. The van der Waals surface area contributed by atoms with E-state index in [1.54, 1.807) is 0 Å². The van der Waals surface area contributed by atoms with Crippen LogP contribution in [0.2, 0.25) is 0 Å². The number of aliphatic imine (C=N–C) groups is 1. The molecule has 6 heteroatoms. The van der Waals surface area contributed by atoms with Gasteiger partial charge >= 0.3 is 0 Å². The molecule has 1 saturated carbocycles. The third-order valence-corrected chi connectivity index (χ3v) is 6.26. The van der Waals surface area contributed by atoms with Gasteiger partial charge in [-0.3, -0.25) is 9.98 Å². The molecule has 170 valence electrons. The highest BCUT2D eigenvalue weighted by Crippen LogP contribution is 2.36. The van der Waals surface area contributed by atoms with Crippen LogP contribution in [0.25, 0.3) is 0 Å². The van der Waals surface area contributed by atoms with Gasteiger partial charge in [0.25, 0.3) is 0 Å². The SMILES string of the molecule is c1ccc(C2CC(NC(=NCCc3ccccn3)NCCc3ccc4c(c3)OCO4)C2)cc1. The van der Waals surface area contributed by atoms with Gasteiger partial charge in [-0.15, -0.1) is 0 Å². The lowest BCUT2D eigenvalue weighted by atomic mass is 9.76. The zero-order valence-corrected chi connectivity index (χ0v) is 18.7. The topological polar surface area (TPSA) is 67.8 Å². The molecule has 1 aliphatic carbocycles. The largest absolute Gasteiger partial charge is 0.454 e. The van der Waals surface area contributed by atoms with Crippen LogP contribution >= 0.6 is 0 Å². The lowest BCUT2D eigenvalue weighted by Gasteiger charge is -2.37. The Bertz CT molecular complexity index is 1070. The Kier molecular flexibility index (Phi) is 6.71. The van der Waals surface area contributed by atoms with Crippen molar-refractivity contribution >= 4 is 5.96 Å². The average Bonchev–Trinajstić information content (AvgIpc) is 3.30. The van der Waals surface area contributed by atoms with E-state index < -0.39 is 0 Å². The van der Waals surface area contributed by atoms with Gasteiger partial charge in [0, 0.05) is 37.4 Å². The van der Waals surface area contributed by atoms with Gasteiger partial charge in [0.15, 0.2) is 17.5 Å². The number of hydrogen-bond donors (Lipinski definition) is 2. The van der Waals surface area contributed by atoms with Crippen molar-refractivity contribution in [2.24, 2.45) is 4.99 Å². The van der Waals surface area contributed by atoms with E-state index in [1.165, 1.54) is 11.1 Å². The summed E-state index contributed by atoms with van der Waals surface area (Å²) in [4.78, 5) is 9.24. The third-order valence-electron chi connectivity index (χ3n) is 6.26. The first-order chi connectivity index (χ1) is 16.3. The number of pyridine rings is 1. The zero-order valence-electron chi connectivity index (χ0n) is 18.7. The van der Waals surface area contributed by atoms with Gasteiger partial charge in [-0.05, 0) is 60.6 Å². The number of benzene rings is 2. The average molecular weight is 443 g/mol. The summed E-state index contributed by atoms with van der Waals surface area (Å²) in [6.45, 7) is 1.80. The first-order valence-corrected chi connectivity index (χ1v) is 11.7. The first kappa shape index (κ1) is 21.3. The molecule has 6 nitrogen and oxygen atoms in total. The Balaban J connectivity index is 1.16. The van der Waals surface area contributed by atoms with Crippen LogP contribution < -0.4 is 20.1 Å². The number of ether oxygens (including phenoxy) is 2. The number of aromatic nitrogens is 1. The Morgan fingerprint density at radius 1 is 0.939 bits per heavy atom. The minimum absolute atomic E-state index is 0.305. The number of nitrogens with zero attached hydrogens (tertiary/aromatic N) is 2. The van der Waals surface area contributed by atoms with Gasteiger partial charge < -0.3 is 20.1 Å². The standard InChI is InChI=1S/C27H30N4O2/c1-2-6-21(7-3-1)22-17-24(18-22)31-27(30-15-12-23-8-4-5-13-28-23)29-14-11-20-9-10-25-26(16-20)33-19-32-25/h1-10,13,16,22,24H,11-12,14-15,17-19H2,(H2,29,30,31).